The third kappa shape index (κ3) is 19.7. The number of rotatable bonds is 26. The van der Waals surface area contributed by atoms with E-state index < -0.39 is 14.3 Å². The molecule has 0 bridgehead atoms. The molecule has 0 heterocycles. The maximum atomic E-state index is 15.4. The van der Waals surface area contributed by atoms with E-state index in [4.69, 9.17) is 37.9 Å². The predicted octanol–water partition coefficient (Wildman–Crippen LogP) is 24.6. The molecule has 16 aromatic carbocycles. The van der Waals surface area contributed by atoms with Gasteiger partial charge in [0.05, 0.1) is 44.5 Å². The van der Waals surface area contributed by atoms with Gasteiger partial charge in [-0.15, -0.1) is 0 Å². The molecular weight excluding hydrogens is 1660 g/mol. The molecule has 0 aliphatic rings. The van der Waals surface area contributed by atoms with E-state index in [2.05, 4.69) is 52.0 Å². The van der Waals surface area contributed by atoms with Crippen molar-refractivity contribution in [1.29, 1.82) is 42.1 Å². The lowest BCUT2D eigenvalue weighted by atomic mass is 9.78. The third-order valence-electron chi connectivity index (χ3n) is 21.8. The van der Waals surface area contributed by atoms with Gasteiger partial charge in [-0.3, -0.25) is 0 Å². The molecule has 0 spiro atoms. The van der Waals surface area contributed by atoms with Crippen LogP contribution in [0.15, 0.2) is 376 Å². The van der Waals surface area contributed by atoms with Gasteiger partial charge in [0, 0.05) is 54.8 Å². The third-order valence-corrected chi connectivity index (χ3v) is 27.9. The van der Waals surface area contributed by atoms with Gasteiger partial charge < -0.3 is 47.0 Å². The summed E-state index contributed by atoms with van der Waals surface area (Å²) >= 11 is 0. The maximum absolute atomic E-state index is 15.4. The highest BCUT2D eigenvalue weighted by Gasteiger charge is 2.33. The molecule has 0 atom stereocenters. The summed E-state index contributed by atoms with van der Waals surface area (Å²) in [4.78, 5) is 0. The quantitative estimate of drug-likeness (QED) is 0.0455. The summed E-state index contributed by atoms with van der Waals surface area (Å²) in [7, 11) is -6.65. The van der Waals surface area contributed by atoms with Crippen LogP contribution in [0.3, 0.4) is 0 Å². The number of hydrogen-bond donors (Lipinski definition) is 0. The largest absolute Gasteiger partial charge is 0.457 e. The summed E-state index contributed by atoms with van der Waals surface area (Å²) in [5.41, 5.74) is 5.78. The minimum atomic E-state index is -3.34. The number of hydrogen-bond acceptors (Lipinski definition) is 18. The van der Waals surface area contributed by atoms with Gasteiger partial charge in [-0.1, -0.05) is 149 Å². The van der Waals surface area contributed by atoms with Crippen LogP contribution >= 0.6 is 14.3 Å². The van der Waals surface area contributed by atoms with E-state index in [9.17, 15) is 42.1 Å². The lowest BCUT2D eigenvalue weighted by Gasteiger charge is -2.26. The van der Waals surface area contributed by atoms with Gasteiger partial charge in [0.25, 0.3) is 0 Å². The molecule has 0 aliphatic carbocycles. The first-order valence-corrected chi connectivity index (χ1v) is 44.2. The van der Waals surface area contributed by atoms with E-state index in [0.29, 0.717) is 135 Å². The first-order valence-electron chi connectivity index (χ1n) is 40.7. The van der Waals surface area contributed by atoms with Crippen molar-refractivity contribution >= 4 is 46.1 Å². The minimum Gasteiger partial charge on any atom is -0.457 e. The normalized spacial score (nSPS) is 10.9. The first-order chi connectivity index (χ1) is 63.2. The van der Waals surface area contributed by atoms with E-state index in [0.717, 1.165) is 22.3 Å². The van der Waals surface area contributed by atoms with Crippen LogP contribution in [-0.2, 0) is 20.0 Å². The molecule has 18 nitrogen and oxygen atoms in total. The molecule has 0 saturated carbocycles. The van der Waals surface area contributed by atoms with Crippen LogP contribution < -0.4 is 69.7 Å². The van der Waals surface area contributed by atoms with Gasteiger partial charge in [-0.2, -0.15) is 42.1 Å². The standard InChI is InChI=1S/C64H47N4O5P.C46H27N4O5P/c1-63(2,50-16-26-54(27-17-50)72-58-20-10-44(40-65)46(38-58)42-67)48-12-22-52(23-13-48)70-56-30-34-61(35-31-56)74(69,60-8-6-5-7-9-60)62-36-32-57(33-37-62)71-53-24-14-49(15-25-53)64(3,4)51-18-28-55(29-19-51)73-59-21-11-45(41-66)47(39-59)43-68;47-28-32-12-14-42(24-34(32)30-49)54-40-8-4-6-38(26-40)52-36-16-20-45(21-17-36)56(51,44-10-2-1-3-11-44)46-22-18-37(19-23-46)53-39-7-5-9-41(27-39)55-43-15-13-33(29-48)35(25-43)31-50/h5-39H,1-4H3;1-27H. The van der Waals surface area contributed by atoms with Gasteiger partial charge in [-0.25, -0.2) is 0 Å². The molecule has 20 heteroatoms. The summed E-state index contributed by atoms with van der Waals surface area (Å²) in [5.74, 6) is 8.58. The van der Waals surface area contributed by atoms with Crippen molar-refractivity contribution in [1.82, 2.24) is 0 Å². The van der Waals surface area contributed by atoms with Crippen molar-refractivity contribution in [2.24, 2.45) is 0 Å². The fourth-order valence-corrected chi connectivity index (χ4v) is 19.8. The van der Waals surface area contributed by atoms with Crippen LogP contribution in [0.4, 0.5) is 0 Å². The second kappa shape index (κ2) is 39.0. The molecule has 130 heavy (non-hydrogen) atoms. The zero-order valence-electron chi connectivity index (χ0n) is 70.4. The zero-order chi connectivity index (χ0) is 90.8. The molecule has 16 aromatic rings. The summed E-state index contributed by atoms with van der Waals surface area (Å²) in [6.45, 7) is 8.61. The highest BCUT2D eigenvalue weighted by Crippen LogP contribution is 2.47. The minimum absolute atomic E-state index is 0.224. The highest BCUT2D eigenvalue weighted by molar-refractivity contribution is 7.85. The molecule has 0 aliphatic heterocycles. The average molecular weight is 1730 g/mol. The number of nitriles is 8. The maximum Gasteiger partial charge on any atom is 0.171 e. The predicted molar refractivity (Wildman–Crippen MR) is 499 cm³/mol. The van der Waals surface area contributed by atoms with Crippen LogP contribution in [0.1, 0.15) is 94.5 Å². The second-order valence-electron chi connectivity index (χ2n) is 30.7. The number of nitrogens with zero attached hydrogens (tertiary/aromatic N) is 8. The molecular formula is C110H74N8O10P2. The zero-order valence-corrected chi connectivity index (χ0v) is 72.1. The Labute approximate surface area is 752 Å². The molecule has 0 aromatic heterocycles. The lowest BCUT2D eigenvalue weighted by Crippen LogP contribution is -2.24. The lowest BCUT2D eigenvalue weighted by molar-refractivity contribution is 0.460. The van der Waals surface area contributed by atoms with Gasteiger partial charge in [0.2, 0.25) is 0 Å². The van der Waals surface area contributed by atoms with Crippen molar-refractivity contribution in [2.45, 2.75) is 38.5 Å². The first kappa shape index (κ1) is 87.2. The molecule has 0 fully saturated rings. The SMILES string of the molecule is CC(C)(c1ccc(Oc2ccc(P(=O)(c3ccccc3)c3ccc(Oc4ccc(C(C)(C)c5ccc(Oc6ccc(C#N)c(C#N)c6)cc5)cc4)cc3)cc2)cc1)c1ccc(Oc2ccc(C#N)c(C#N)c2)cc1.N#Cc1ccc(Oc2cccc(Oc3ccc(P(=O)(c4ccccc4)c4ccc(Oc5cccc(Oc6ccc(C#N)c(C#N)c6)c5)cc4)cc3)c2)cc1C#N. The van der Waals surface area contributed by atoms with E-state index >= 15 is 9.13 Å². The molecule has 0 radical (unpaired) electrons. The highest BCUT2D eigenvalue weighted by atomic mass is 31.2. The van der Waals surface area contributed by atoms with Gasteiger partial charge in [-0.05, 0) is 265 Å². The van der Waals surface area contributed by atoms with E-state index in [1.165, 1.54) is 24.3 Å². The van der Waals surface area contributed by atoms with Gasteiger partial charge >= 0.3 is 0 Å². The Morgan fingerprint density at radius 1 is 0.177 bits per heavy atom. The Bertz CT molecular complexity index is 6960. The van der Waals surface area contributed by atoms with Crippen molar-refractivity contribution in [2.75, 3.05) is 0 Å². The van der Waals surface area contributed by atoms with Crippen LogP contribution in [0.5, 0.6) is 92.0 Å². The molecule has 624 valence electrons. The second-order valence-corrected chi connectivity index (χ2v) is 36.2. The van der Waals surface area contributed by atoms with Crippen LogP contribution in [-0.4, -0.2) is 0 Å². The fourth-order valence-electron chi connectivity index (χ4n) is 14.6. The van der Waals surface area contributed by atoms with Crippen LogP contribution in [0, 0.1) is 90.6 Å². The number of benzene rings is 16. The fraction of sp³-hybridized carbons (Fsp3) is 0.0545. The van der Waals surface area contributed by atoms with Gasteiger partial charge in [0.1, 0.15) is 141 Å². The van der Waals surface area contributed by atoms with Crippen LogP contribution in [0.2, 0.25) is 0 Å². The monoisotopic (exact) mass is 1730 g/mol. The molecule has 0 unspecified atom stereocenters. The van der Waals surface area contributed by atoms with E-state index in [-0.39, 0.29) is 44.2 Å². The van der Waals surface area contributed by atoms with Crippen LogP contribution in [0.25, 0.3) is 0 Å². The Hall–Kier alpha value is -17.7. The topological polar surface area (TPSA) is 298 Å². The van der Waals surface area contributed by atoms with Crippen molar-refractivity contribution < 1.29 is 47.0 Å². The summed E-state index contributed by atoms with van der Waals surface area (Å²) in [6.07, 6.45) is 0. The van der Waals surface area contributed by atoms with Crippen molar-refractivity contribution in [3.63, 3.8) is 0 Å². The molecule has 0 amide bonds. The van der Waals surface area contributed by atoms with E-state index in [1.807, 2.05) is 231 Å². The molecule has 0 saturated heterocycles. The Morgan fingerprint density at radius 3 is 0.538 bits per heavy atom. The van der Waals surface area contributed by atoms with Crippen molar-refractivity contribution in [3.05, 3.63) is 443 Å². The Kier molecular flexibility index (Phi) is 26.2. The Balaban J connectivity index is 0.000000207. The smallest absolute Gasteiger partial charge is 0.171 e. The Morgan fingerprint density at radius 2 is 0.338 bits per heavy atom. The summed E-state index contributed by atoms with van der Waals surface area (Å²) in [5, 5.41) is 78.3. The van der Waals surface area contributed by atoms with Gasteiger partial charge in [0.15, 0.2) is 14.3 Å². The molecule has 0 N–H and O–H groups in total. The number of ether oxygens (including phenoxy) is 8. The average Bonchev–Trinajstić information content (AvgIpc) is 0.755. The van der Waals surface area contributed by atoms with Crippen molar-refractivity contribution in [3.8, 4) is 141 Å². The van der Waals surface area contributed by atoms with E-state index in [1.54, 1.807) is 146 Å². The summed E-state index contributed by atoms with van der Waals surface area (Å²) < 4.78 is 79.3. The molecule has 16 rings (SSSR count). The summed E-state index contributed by atoms with van der Waals surface area (Å²) in [6, 6.07) is 129.